The number of fused-ring (bicyclic) bond motifs is 1. The number of amides is 3. The van der Waals surface area contributed by atoms with E-state index in [2.05, 4.69) is 24.5 Å². The Morgan fingerprint density at radius 2 is 1.62 bits per heavy atom. The normalized spacial score (nSPS) is 13.4. The lowest BCUT2D eigenvalue weighted by molar-refractivity contribution is -0.122. The molecule has 0 saturated heterocycles. The lowest BCUT2D eigenvalue weighted by Crippen LogP contribution is -2.31. The molecule has 4 rings (SSSR count). The molecule has 0 bridgehead atoms. The van der Waals surface area contributed by atoms with Gasteiger partial charge in [0, 0.05) is 16.1 Å². The molecule has 4 N–H and O–H groups in total. The zero-order chi connectivity index (χ0) is 26.5. The molecule has 1 atom stereocenters. The van der Waals surface area contributed by atoms with Gasteiger partial charge in [0.05, 0.1) is 5.56 Å². The molecule has 1 heterocycles. The van der Waals surface area contributed by atoms with Crippen LogP contribution in [0.25, 0.3) is 0 Å². The van der Waals surface area contributed by atoms with E-state index >= 15 is 0 Å². The van der Waals surface area contributed by atoms with Gasteiger partial charge < -0.3 is 21.1 Å². The van der Waals surface area contributed by atoms with Crippen LogP contribution in [0.15, 0.2) is 42.5 Å². The summed E-state index contributed by atoms with van der Waals surface area (Å²) in [5.74, 6) is -0.610. The average molecular weight is 520 g/mol. The number of nitrogens with two attached hydrogens (primary N) is 1. The molecule has 8 heteroatoms. The van der Waals surface area contributed by atoms with E-state index in [4.69, 9.17) is 10.5 Å². The van der Waals surface area contributed by atoms with Crippen LogP contribution in [0.1, 0.15) is 75.9 Å². The maximum atomic E-state index is 12.9. The molecule has 1 aromatic heterocycles. The van der Waals surface area contributed by atoms with E-state index in [9.17, 15) is 14.4 Å². The highest BCUT2D eigenvalue weighted by atomic mass is 32.1. The van der Waals surface area contributed by atoms with Gasteiger partial charge in [-0.1, -0.05) is 32.0 Å². The summed E-state index contributed by atoms with van der Waals surface area (Å²) in [6.07, 6.45) is 4.69. The van der Waals surface area contributed by atoms with E-state index < -0.39 is 12.0 Å². The fourth-order valence-electron chi connectivity index (χ4n) is 4.66. The van der Waals surface area contributed by atoms with Crippen molar-refractivity contribution in [1.82, 2.24) is 0 Å². The Labute approximate surface area is 221 Å². The summed E-state index contributed by atoms with van der Waals surface area (Å²) in [6.45, 7) is 5.81. The predicted molar refractivity (Wildman–Crippen MR) is 148 cm³/mol. The molecular formula is C29H33N3O4S. The fourth-order valence-corrected chi connectivity index (χ4v) is 5.95. The van der Waals surface area contributed by atoms with Crippen LogP contribution in [0.5, 0.6) is 5.75 Å². The number of nitrogens with one attached hydrogen (secondary N) is 2. The maximum Gasteiger partial charge on any atom is 0.265 e. The molecule has 1 aliphatic rings. The van der Waals surface area contributed by atoms with Gasteiger partial charge in [-0.25, -0.2) is 0 Å². The zero-order valence-electron chi connectivity index (χ0n) is 21.5. The summed E-state index contributed by atoms with van der Waals surface area (Å²) in [4.78, 5) is 39.0. The first-order valence-corrected chi connectivity index (χ1v) is 13.6. The predicted octanol–water partition coefficient (Wildman–Crippen LogP) is 5.51. The van der Waals surface area contributed by atoms with Gasteiger partial charge in [-0.2, -0.15) is 0 Å². The minimum atomic E-state index is -0.732. The first-order valence-electron chi connectivity index (χ1n) is 12.8. The Balaban J connectivity index is 1.41. The quantitative estimate of drug-likeness (QED) is 0.346. The second kappa shape index (κ2) is 11.6. The number of primary amides is 1. The van der Waals surface area contributed by atoms with Gasteiger partial charge in [-0.15, -0.1) is 11.3 Å². The molecule has 0 saturated carbocycles. The van der Waals surface area contributed by atoms with E-state index in [1.165, 1.54) is 11.3 Å². The number of hydrogen-bond donors (Lipinski definition) is 3. The number of ether oxygens (including phenoxy) is 1. The lowest BCUT2D eigenvalue weighted by atomic mass is 9.95. The van der Waals surface area contributed by atoms with Crippen molar-refractivity contribution < 1.29 is 19.1 Å². The highest BCUT2D eigenvalue weighted by Crippen LogP contribution is 2.38. The molecule has 194 valence electrons. The molecule has 0 radical (unpaired) electrons. The number of para-hydroxylation sites is 1. The molecule has 0 aliphatic heterocycles. The summed E-state index contributed by atoms with van der Waals surface area (Å²) in [7, 11) is 0. The number of aryl methyl sites for hydroxylation is 3. The van der Waals surface area contributed by atoms with Gasteiger partial charge >= 0.3 is 0 Å². The maximum absolute atomic E-state index is 12.9. The molecule has 1 unspecified atom stereocenters. The Hall–Kier alpha value is -3.65. The summed E-state index contributed by atoms with van der Waals surface area (Å²) < 4.78 is 5.85. The van der Waals surface area contributed by atoms with Gasteiger partial charge in [0.2, 0.25) is 0 Å². The average Bonchev–Trinajstić information content (AvgIpc) is 3.27. The third-order valence-electron chi connectivity index (χ3n) is 6.69. The summed E-state index contributed by atoms with van der Waals surface area (Å²) in [5.41, 5.74) is 10.5. The van der Waals surface area contributed by atoms with Crippen molar-refractivity contribution in [2.45, 2.75) is 65.4 Å². The van der Waals surface area contributed by atoms with Crippen LogP contribution in [0.2, 0.25) is 0 Å². The SMILES string of the molecule is CCc1cccc(CC)c1NC(=O)C(C)Oc1ccc(C(=O)Nc2sc3c(c2C(N)=O)CCCC3)cc1. The van der Waals surface area contributed by atoms with E-state index in [-0.39, 0.29) is 11.8 Å². The largest absolute Gasteiger partial charge is 0.481 e. The molecule has 3 amide bonds. The van der Waals surface area contributed by atoms with E-state index in [1.807, 2.05) is 18.2 Å². The first-order chi connectivity index (χ1) is 17.8. The Morgan fingerprint density at radius 1 is 0.973 bits per heavy atom. The van der Waals surface area contributed by atoms with Crippen LogP contribution in [0, 0.1) is 0 Å². The molecule has 2 aromatic carbocycles. The monoisotopic (exact) mass is 519 g/mol. The summed E-state index contributed by atoms with van der Waals surface area (Å²) in [6, 6.07) is 12.6. The molecular weight excluding hydrogens is 486 g/mol. The van der Waals surface area contributed by atoms with Gasteiger partial charge in [-0.3, -0.25) is 14.4 Å². The summed E-state index contributed by atoms with van der Waals surface area (Å²) >= 11 is 1.43. The second-order valence-electron chi connectivity index (χ2n) is 9.17. The van der Waals surface area contributed by atoms with Gasteiger partial charge in [0.1, 0.15) is 10.8 Å². The van der Waals surface area contributed by atoms with Gasteiger partial charge in [0.25, 0.3) is 17.7 Å². The number of benzene rings is 2. The highest BCUT2D eigenvalue weighted by Gasteiger charge is 2.25. The van der Waals surface area contributed by atoms with Gasteiger partial charge in [0.15, 0.2) is 6.10 Å². The van der Waals surface area contributed by atoms with Crippen LogP contribution < -0.4 is 21.1 Å². The molecule has 37 heavy (non-hydrogen) atoms. The van der Waals surface area contributed by atoms with Crippen molar-refractivity contribution in [3.05, 3.63) is 75.2 Å². The van der Waals surface area contributed by atoms with Crippen LogP contribution in [-0.2, 0) is 30.5 Å². The van der Waals surface area contributed by atoms with Crippen molar-refractivity contribution in [1.29, 1.82) is 0 Å². The Kier molecular flexibility index (Phi) is 8.28. The van der Waals surface area contributed by atoms with Crippen LogP contribution in [0.3, 0.4) is 0 Å². The molecule has 0 fully saturated rings. The Morgan fingerprint density at radius 3 is 2.24 bits per heavy atom. The zero-order valence-corrected chi connectivity index (χ0v) is 22.3. The van der Waals surface area contributed by atoms with Crippen molar-refractivity contribution in [2.75, 3.05) is 10.6 Å². The van der Waals surface area contributed by atoms with E-state index in [0.717, 1.165) is 65.8 Å². The van der Waals surface area contributed by atoms with Crippen molar-refractivity contribution in [3.63, 3.8) is 0 Å². The lowest BCUT2D eigenvalue weighted by Gasteiger charge is -2.18. The molecule has 1 aliphatic carbocycles. The van der Waals surface area contributed by atoms with Crippen molar-refractivity contribution in [3.8, 4) is 5.75 Å². The van der Waals surface area contributed by atoms with Crippen LogP contribution >= 0.6 is 11.3 Å². The first kappa shape index (κ1) is 26.4. The molecule has 3 aromatic rings. The van der Waals surface area contributed by atoms with Crippen LogP contribution in [-0.4, -0.2) is 23.8 Å². The number of thiophene rings is 1. The van der Waals surface area contributed by atoms with E-state index in [1.54, 1.807) is 31.2 Å². The van der Waals surface area contributed by atoms with Crippen molar-refractivity contribution in [2.24, 2.45) is 5.73 Å². The number of anilines is 2. The van der Waals surface area contributed by atoms with Crippen LogP contribution in [0.4, 0.5) is 10.7 Å². The number of carbonyl (C=O) groups excluding carboxylic acids is 3. The third-order valence-corrected chi connectivity index (χ3v) is 7.90. The third kappa shape index (κ3) is 5.85. The van der Waals surface area contributed by atoms with Crippen molar-refractivity contribution >= 4 is 39.7 Å². The highest BCUT2D eigenvalue weighted by molar-refractivity contribution is 7.17. The number of carbonyl (C=O) groups is 3. The second-order valence-corrected chi connectivity index (χ2v) is 10.3. The minimum Gasteiger partial charge on any atom is -0.481 e. The molecule has 0 spiro atoms. The fraction of sp³-hybridized carbons (Fsp3) is 0.345. The Bertz CT molecular complexity index is 1290. The number of rotatable bonds is 9. The molecule has 7 nitrogen and oxygen atoms in total. The summed E-state index contributed by atoms with van der Waals surface area (Å²) in [5, 5.41) is 6.40. The topological polar surface area (TPSA) is 111 Å². The van der Waals surface area contributed by atoms with Gasteiger partial charge in [-0.05, 0) is 86.4 Å². The van der Waals surface area contributed by atoms with E-state index in [0.29, 0.717) is 21.9 Å². The number of hydrogen-bond acceptors (Lipinski definition) is 5. The smallest absolute Gasteiger partial charge is 0.265 e. The standard InChI is InChI=1S/C29H33N3O4S/c1-4-18-9-8-10-19(5-2)25(18)31-27(34)17(3)36-21-15-13-20(14-16-21)28(35)32-29-24(26(30)33)22-11-6-7-12-23(22)37-29/h8-10,13-17H,4-7,11-12H2,1-3H3,(H2,30,33)(H,31,34)(H,32,35). The minimum absolute atomic E-state index is 0.238.